The van der Waals surface area contributed by atoms with Gasteiger partial charge >= 0.3 is 11.6 Å². The molecule has 1 aromatic heterocycles. The Bertz CT molecular complexity index is 842. The molecule has 0 spiro atoms. The zero-order valence-electron chi connectivity index (χ0n) is 14.6. The van der Waals surface area contributed by atoms with E-state index in [0.717, 1.165) is 22.0 Å². The van der Waals surface area contributed by atoms with Crippen molar-refractivity contribution in [1.29, 1.82) is 0 Å². The summed E-state index contributed by atoms with van der Waals surface area (Å²) in [4.78, 5) is 22.4. The molecule has 0 bridgehead atoms. The van der Waals surface area contributed by atoms with Crippen molar-refractivity contribution >= 4 is 23.9 Å². The summed E-state index contributed by atoms with van der Waals surface area (Å²) in [6.07, 6.45) is 4.58. The van der Waals surface area contributed by atoms with Gasteiger partial charge in [0.1, 0.15) is 12.2 Å². The van der Waals surface area contributed by atoms with E-state index in [1.54, 1.807) is 6.92 Å². The molecule has 1 atom stereocenters. The topological polar surface area (TPSA) is 112 Å². The van der Waals surface area contributed by atoms with Gasteiger partial charge in [-0.25, -0.2) is 10.1 Å². The highest BCUT2D eigenvalue weighted by molar-refractivity contribution is 5.86. The van der Waals surface area contributed by atoms with Crippen LogP contribution in [0.15, 0.2) is 47.2 Å². The minimum atomic E-state index is -0.798. The summed E-state index contributed by atoms with van der Waals surface area (Å²) in [5, 5.41) is 18.7. The minimum Gasteiger partial charge on any atom is -0.475 e. The number of nitro groups is 1. The molecule has 26 heavy (non-hydrogen) atoms. The van der Waals surface area contributed by atoms with Crippen molar-refractivity contribution in [2.45, 2.75) is 19.9 Å². The quantitative estimate of drug-likeness (QED) is 0.465. The standard InChI is InChI=1S/C17H19N5O4/c1-12(9-14-7-5-4-6-8-14)10-18-19-16(23)13(2)21-11-15(22(24)25)17(20-21)26-3/h4-11,13H,1-3H3,(H,19,23)/b12-9+,18-10-/t13-/m0/s1. The third-order valence-corrected chi connectivity index (χ3v) is 3.48. The number of nitrogens with zero attached hydrogens (tertiary/aromatic N) is 4. The predicted molar refractivity (Wildman–Crippen MR) is 96.9 cm³/mol. The van der Waals surface area contributed by atoms with Crippen LogP contribution in [0.3, 0.4) is 0 Å². The van der Waals surface area contributed by atoms with E-state index in [4.69, 9.17) is 4.74 Å². The molecule has 0 saturated heterocycles. The van der Waals surface area contributed by atoms with Gasteiger partial charge in [-0.05, 0) is 25.0 Å². The van der Waals surface area contributed by atoms with Crippen LogP contribution in [0.5, 0.6) is 5.88 Å². The number of ether oxygens (including phenoxy) is 1. The highest BCUT2D eigenvalue weighted by atomic mass is 16.6. The first-order valence-corrected chi connectivity index (χ1v) is 7.76. The van der Waals surface area contributed by atoms with Gasteiger partial charge in [0.15, 0.2) is 0 Å². The van der Waals surface area contributed by atoms with Gasteiger partial charge in [-0.2, -0.15) is 5.10 Å². The van der Waals surface area contributed by atoms with Gasteiger partial charge < -0.3 is 4.74 Å². The number of allylic oxidation sites excluding steroid dienone is 1. The molecule has 0 unspecified atom stereocenters. The van der Waals surface area contributed by atoms with E-state index in [-0.39, 0.29) is 11.6 Å². The van der Waals surface area contributed by atoms with Crippen LogP contribution >= 0.6 is 0 Å². The molecular formula is C17H19N5O4. The van der Waals surface area contributed by atoms with Gasteiger partial charge in [-0.3, -0.25) is 14.9 Å². The molecule has 2 aromatic rings. The van der Waals surface area contributed by atoms with Crippen LogP contribution in [0.4, 0.5) is 5.69 Å². The van der Waals surface area contributed by atoms with Crippen molar-refractivity contribution in [1.82, 2.24) is 15.2 Å². The normalized spacial score (nSPS) is 12.8. The maximum absolute atomic E-state index is 12.1. The van der Waals surface area contributed by atoms with Crippen molar-refractivity contribution in [3.63, 3.8) is 0 Å². The number of hydrogen-bond acceptors (Lipinski definition) is 6. The second kappa shape index (κ2) is 8.56. The number of nitrogens with one attached hydrogen (secondary N) is 1. The van der Waals surface area contributed by atoms with Gasteiger partial charge in [0.2, 0.25) is 0 Å². The van der Waals surface area contributed by atoms with Gasteiger partial charge in [0.25, 0.3) is 5.91 Å². The van der Waals surface area contributed by atoms with E-state index in [0.29, 0.717) is 0 Å². The smallest absolute Gasteiger partial charge is 0.350 e. The lowest BCUT2D eigenvalue weighted by atomic mass is 10.1. The van der Waals surface area contributed by atoms with E-state index in [2.05, 4.69) is 15.6 Å². The molecule has 0 saturated carbocycles. The van der Waals surface area contributed by atoms with Gasteiger partial charge in [0, 0.05) is 0 Å². The zero-order valence-corrected chi connectivity index (χ0v) is 14.6. The number of carbonyl (C=O) groups is 1. The predicted octanol–water partition coefficient (Wildman–Crippen LogP) is 2.57. The van der Waals surface area contributed by atoms with Crippen molar-refractivity contribution in [3.05, 3.63) is 57.8 Å². The Labute approximate surface area is 150 Å². The number of carbonyl (C=O) groups excluding carboxylic acids is 1. The molecule has 0 aliphatic carbocycles. The summed E-state index contributed by atoms with van der Waals surface area (Å²) in [5.74, 6) is -0.617. The molecule has 0 fully saturated rings. The van der Waals surface area contributed by atoms with Crippen LogP contribution < -0.4 is 10.2 Å². The second-order valence-electron chi connectivity index (χ2n) is 5.47. The van der Waals surface area contributed by atoms with Crippen molar-refractivity contribution in [2.24, 2.45) is 5.10 Å². The molecule has 0 radical (unpaired) electrons. The first-order valence-electron chi connectivity index (χ1n) is 7.76. The van der Waals surface area contributed by atoms with Crippen LogP contribution in [0.25, 0.3) is 6.08 Å². The zero-order chi connectivity index (χ0) is 19.1. The Morgan fingerprint density at radius 2 is 2.12 bits per heavy atom. The number of hydrogen-bond donors (Lipinski definition) is 1. The number of amides is 1. The molecule has 9 heteroatoms. The lowest BCUT2D eigenvalue weighted by Crippen LogP contribution is -2.27. The number of rotatable bonds is 7. The van der Waals surface area contributed by atoms with Gasteiger partial charge in [0.05, 0.1) is 18.2 Å². The summed E-state index contributed by atoms with van der Waals surface area (Å²) in [6, 6.07) is 8.89. The first-order chi connectivity index (χ1) is 12.4. The molecule has 1 amide bonds. The van der Waals surface area contributed by atoms with E-state index in [9.17, 15) is 14.9 Å². The average Bonchev–Trinajstić information content (AvgIpc) is 3.06. The Hall–Kier alpha value is -3.49. The van der Waals surface area contributed by atoms with Crippen molar-refractivity contribution in [2.75, 3.05) is 7.11 Å². The van der Waals surface area contributed by atoms with Crippen LogP contribution in [0.1, 0.15) is 25.5 Å². The molecule has 0 aliphatic rings. The highest BCUT2D eigenvalue weighted by Crippen LogP contribution is 2.25. The number of hydrazone groups is 1. The van der Waals surface area contributed by atoms with Crippen LogP contribution in [0.2, 0.25) is 0 Å². The lowest BCUT2D eigenvalue weighted by molar-refractivity contribution is -0.385. The average molecular weight is 357 g/mol. The summed E-state index contributed by atoms with van der Waals surface area (Å²) < 4.78 is 6.01. The number of aromatic nitrogens is 2. The van der Waals surface area contributed by atoms with Crippen molar-refractivity contribution in [3.8, 4) is 5.88 Å². The maximum atomic E-state index is 12.1. The van der Waals surface area contributed by atoms with Crippen LogP contribution in [-0.2, 0) is 4.79 Å². The highest BCUT2D eigenvalue weighted by Gasteiger charge is 2.25. The SMILES string of the molecule is COc1nn([C@@H](C)C(=O)N/N=C\C(C)=C\c2ccccc2)cc1[N+](=O)[O-]. The molecule has 1 heterocycles. The summed E-state index contributed by atoms with van der Waals surface area (Å²) in [7, 11) is 1.27. The third-order valence-electron chi connectivity index (χ3n) is 3.48. The van der Waals surface area contributed by atoms with Crippen LogP contribution in [0, 0.1) is 10.1 Å². The first kappa shape index (κ1) is 18.8. The molecule has 9 nitrogen and oxygen atoms in total. The largest absolute Gasteiger partial charge is 0.475 e. The monoisotopic (exact) mass is 357 g/mol. The lowest BCUT2D eigenvalue weighted by Gasteiger charge is -2.09. The van der Waals surface area contributed by atoms with Crippen molar-refractivity contribution < 1.29 is 14.5 Å². The Balaban J connectivity index is 2.01. The van der Waals surface area contributed by atoms with E-state index >= 15 is 0 Å². The maximum Gasteiger partial charge on any atom is 0.350 e. The Kier molecular flexibility index (Phi) is 6.20. The van der Waals surface area contributed by atoms with Gasteiger partial charge in [-0.15, -0.1) is 5.10 Å². The Morgan fingerprint density at radius 3 is 2.69 bits per heavy atom. The van der Waals surface area contributed by atoms with Gasteiger partial charge in [-0.1, -0.05) is 36.4 Å². The molecular weight excluding hydrogens is 338 g/mol. The number of benzene rings is 1. The van der Waals surface area contributed by atoms with Crippen LogP contribution in [-0.4, -0.2) is 33.9 Å². The summed E-state index contributed by atoms with van der Waals surface area (Å²) >= 11 is 0. The second-order valence-corrected chi connectivity index (χ2v) is 5.47. The minimum absolute atomic E-state index is 0.153. The molecule has 136 valence electrons. The molecule has 1 N–H and O–H groups in total. The fourth-order valence-electron chi connectivity index (χ4n) is 2.10. The molecule has 1 aromatic carbocycles. The molecule has 2 rings (SSSR count). The van der Waals surface area contributed by atoms with E-state index < -0.39 is 16.9 Å². The van der Waals surface area contributed by atoms with E-state index in [1.165, 1.54) is 13.3 Å². The molecule has 0 aliphatic heterocycles. The Morgan fingerprint density at radius 1 is 1.42 bits per heavy atom. The summed E-state index contributed by atoms with van der Waals surface area (Å²) in [6.45, 7) is 3.40. The van der Waals surface area contributed by atoms with E-state index in [1.807, 2.05) is 43.3 Å². The fourth-order valence-corrected chi connectivity index (χ4v) is 2.10. The summed E-state index contributed by atoms with van der Waals surface area (Å²) in [5.41, 5.74) is 3.95. The number of methoxy groups -OCH3 is 1. The third kappa shape index (κ3) is 4.76. The fraction of sp³-hybridized carbons (Fsp3) is 0.235.